The Morgan fingerprint density at radius 3 is 2.43 bits per heavy atom. The SMILES string of the molecule is Cc1cnc(N(C)C2CCN(c3nnc(C4CC4)s3)CC2)nc1. The molecule has 0 amide bonds. The van der Waals surface area contributed by atoms with E-state index in [1.165, 1.54) is 17.8 Å². The van der Waals surface area contributed by atoms with E-state index in [4.69, 9.17) is 0 Å². The standard InChI is InChI=1S/C16H22N6S/c1-11-9-17-15(18-10-11)21(2)13-5-7-22(8-6-13)16-20-19-14(23-16)12-3-4-12/h9-10,12-13H,3-8H2,1-2H3. The van der Waals surface area contributed by atoms with Crippen molar-refractivity contribution in [3.8, 4) is 0 Å². The predicted octanol–water partition coefficient (Wildman–Crippen LogP) is 2.62. The van der Waals surface area contributed by atoms with Gasteiger partial charge in [-0.15, -0.1) is 10.2 Å². The molecule has 0 unspecified atom stereocenters. The van der Waals surface area contributed by atoms with Crippen LogP contribution in [0.15, 0.2) is 12.4 Å². The number of nitrogens with zero attached hydrogens (tertiary/aromatic N) is 6. The lowest BCUT2D eigenvalue weighted by molar-refractivity contribution is 0.476. The number of rotatable bonds is 4. The third kappa shape index (κ3) is 3.15. The lowest BCUT2D eigenvalue weighted by atomic mass is 10.0. The third-order valence-corrected chi connectivity index (χ3v) is 5.87. The monoisotopic (exact) mass is 330 g/mol. The summed E-state index contributed by atoms with van der Waals surface area (Å²) in [5, 5.41) is 11.1. The van der Waals surface area contributed by atoms with Crippen LogP contribution in [0.5, 0.6) is 0 Å². The Morgan fingerprint density at radius 2 is 1.78 bits per heavy atom. The van der Waals surface area contributed by atoms with E-state index in [1.54, 1.807) is 11.3 Å². The van der Waals surface area contributed by atoms with Gasteiger partial charge in [-0.25, -0.2) is 9.97 Å². The number of hydrogen-bond donors (Lipinski definition) is 0. The average Bonchev–Trinajstić information content (AvgIpc) is 3.32. The second-order valence-electron chi connectivity index (χ2n) is 6.59. The predicted molar refractivity (Wildman–Crippen MR) is 92.3 cm³/mol. The third-order valence-electron chi connectivity index (χ3n) is 4.72. The summed E-state index contributed by atoms with van der Waals surface area (Å²) in [6.45, 7) is 4.07. The van der Waals surface area contributed by atoms with E-state index < -0.39 is 0 Å². The molecule has 23 heavy (non-hydrogen) atoms. The summed E-state index contributed by atoms with van der Waals surface area (Å²) in [6.07, 6.45) is 8.55. The summed E-state index contributed by atoms with van der Waals surface area (Å²) in [5.41, 5.74) is 1.10. The van der Waals surface area contributed by atoms with Crippen LogP contribution in [-0.4, -0.2) is 46.3 Å². The van der Waals surface area contributed by atoms with E-state index in [1.807, 2.05) is 19.3 Å². The van der Waals surface area contributed by atoms with Gasteiger partial charge in [-0.3, -0.25) is 0 Å². The van der Waals surface area contributed by atoms with Gasteiger partial charge in [-0.05, 0) is 38.2 Å². The summed E-state index contributed by atoms with van der Waals surface area (Å²) in [5.74, 6) is 1.52. The normalized spacial score (nSPS) is 19.1. The topological polar surface area (TPSA) is 58.0 Å². The highest BCUT2D eigenvalue weighted by Gasteiger charge is 2.30. The first-order chi connectivity index (χ1) is 11.2. The van der Waals surface area contributed by atoms with Gasteiger partial charge in [0.15, 0.2) is 0 Å². The lowest BCUT2D eigenvalue weighted by Crippen LogP contribution is -2.44. The maximum Gasteiger partial charge on any atom is 0.225 e. The van der Waals surface area contributed by atoms with Crippen molar-refractivity contribution >= 4 is 22.4 Å². The minimum absolute atomic E-state index is 0.491. The molecule has 0 N–H and O–H groups in total. The molecule has 0 atom stereocenters. The minimum atomic E-state index is 0.491. The van der Waals surface area contributed by atoms with Crippen LogP contribution in [0.25, 0.3) is 0 Å². The fraction of sp³-hybridized carbons (Fsp3) is 0.625. The zero-order chi connectivity index (χ0) is 15.8. The second-order valence-corrected chi connectivity index (χ2v) is 7.57. The van der Waals surface area contributed by atoms with Gasteiger partial charge in [0, 0.05) is 44.5 Å². The number of anilines is 2. The second kappa shape index (κ2) is 6.03. The number of piperidine rings is 1. The molecule has 4 rings (SSSR count). The molecule has 2 aromatic rings. The van der Waals surface area contributed by atoms with Crippen molar-refractivity contribution in [1.29, 1.82) is 0 Å². The van der Waals surface area contributed by atoms with Gasteiger partial charge >= 0.3 is 0 Å². The molecule has 122 valence electrons. The van der Waals surface area contributed by atoms with Crippen molar-refractivity contribution in [2.75, 3.05) is 29.9 Å². The molecule has 3 heterocycles. The molecule has 6 nitrogen and oxygen atoms in total. The molecule has 2 fully saturated rings. The Bertz CT molecular complexity index is 657. The van der Waals surface area contributed by atoms with Gasteiger partial charge in [0.25, 0.3) is 0 Å². The Morgan fingerprint density at radius 1 is 1.09 bits per heavy atom. The molecule has 0 spiro atoms. The maximum absolute atomic E-state index is 4.44. The Labute approximate surface area is 140 Å². The summed E-state index contributed by atoms with van der Waals surface area (Å²) in [6, 6.07) is 0.491. The Hall–Kier alpha value is -1.76. The Kier molecular flexibility index (Phi) is 3.88. The van der Waals surface area contributed by atoms with Crippen LogP contribution in [0.2, 0.25) is 0 Å². The van der Waals surface area contributed by atoms with Gasteiger partial charge in [0.1, 0.15) is 5.01 Å². The van der Waals surface area contributed by atoms with Crippen molar-refractivity contribution in [2.24, 2.45) is 0 Å². The lowest BCUT2D eigenvalue weighted by Gasteiger charge is -2.36. The molecule has 1 aliphatic carbocycles. The molecule has 2 aliphatic rings. The molecule has 0 radical (unpaired) electrons. The summed E-state index contributed by atoms with van der Waals surface area (Å²) in [7, 11) is 2.10. The molecule has 0 bridgehead atoms. The van der Waals surface area contributed by atoms with Crippen LogP contribution in [0.1, 0.15) is 42.2 Å². The highest BCUT2D eigenvalue weighted by Crippen LogP contribution is 2.42. The van der Waals surface area contributed by atoms with Crippen molar-refractivity contribution < 1.29 is 0 Å². The summed E-state index contributed by atoms with van der Waals surface area (Å²) >= 11 is 1.78. The van der Waals surface area contributed by atoms with E-state index in [0.717, 1.165) is 42.6 Å². The maximum atomic E-state index is 4.44. The van der Waals surface area contributed by atoms with Gasteiger partial charge in [0.2, 0.25) is 11.1 Å². The van der Waals surface area contributed by atoms with E-state index in [-0.39, 0.29) is 0 Å². The molecule has 7 heteroatoms. The number of aromatic nitrogens is 4. The minimum Gasteiger partial charge on any atom is -0.347 e. The summed E-state index contributed by atoms with van der Waals surface area (Å²) in [4.78, 5) is 13.5. The van der Waals surface area contributed by atoms with Crippen molar-refractivity contribution in [3.63, 3.8) is 0 Å². The smallest absolute Gasteiger partial charge is 0.225 e. The molecular weight excluding hydrogens is 308 g/mol. The van der Waals surface area contributed by atoms with Crippen LogP contribution < -0.4 is 9.80 Å². The summed E-state index contributed by atoms with van der Waals surface area (Å²) < 4.78 is 0. The first-order valence-corrected chi connectivity index (χ1v) is 9.12. The highest BCUT2D eigenvalue weighted by atomic mass is 32.1. The zero-order valence-electron chi connectivity index (χ0n) is 13.6. The molecular formula is C16H22N6S. The van der Waals surface area contributed by atoms with Crippen molar-refractivity contribution in [1.82, 2.24) is 20.2 Å². The largest absolute Gasteiger partial charge is 0.347 e. The van der Waals surface area contributed by atoms with Crippen LogP contribution >= 0.6 is 11.3 Å². The van der Waals surface area contributed by atoms with E-state index in [9.17, 15) is 0 Å². The van der Waals surface area contributed by atoms with Gasteiger partial charge in [-0.2, -0.15) is 0 Å². The number of aryl methyl sites for hydroxylation is 1. The van der Waals surface area contributed by atoms with Gasteiger partial charge in [-0.1, -0.05) is 11.3 Å². The average molecular weight is 330 g/mol. The van der Waals surface area contributed by atoms with Crippen LogP contribution in [0, 0.1) is 6.92 Å². The van der Waals surface area contributed by atoms with Crippen molar-refractivity contribution in [2.45, 2.75) is 44.6 Å². The molecule has 2 aromatic heterocycles. The first kappa shape index (κ1) is 14.8. The van der Waals surface area contributed by atoms with E-state index >= 15 is 0 Å². The van der Waals surface area contributed by atoms with Crippen molar-refractivity contribution in [3.05, 3.63) is 23.0 Å². The van der Waals surface area contributed by atoms with Gasteiger partial charge in [0.05, 0.1) is 0 Å². The molecule has 1 aliphatic heterocycles. The van der Waals surface area contributed by atoms with Crippen LogP contribution in [0.4, 0.5) is 11.1 Å². The fourth-order valence-corrected chi connectivity index (χ4v) is 4.09. The first-order valence-electron chi connectivity index (χ1n) is 8.30. The number of hydrogen-bond acceptors (Lipinski definition) is 7. The highest BCUT2D eigenvalue weighted by molar-refractivity contribution is 7.15. The van der Waals surface area contributed by atoms with Crippen LogP contribution in [0.3, 0.4) is 0 Å². The fourth-order valence-electron chi connectivity index (χ4n) is 3.03. The Balaban J connectivity index is 1.37. The molecule has 1 saturated carbocycles. The van der Waals surface area contributed by atoms with E-state index in [0.29, 0.717) is 12.0 Å². The van der Waals surface area contributed by atoms with Gasteiger partial charge < -0.3 is 9.80 Å². The molecule has 1 saturated heterocycles. The quantitative estimate of drug-likeness (QED) is 0.859. The van der Waals surface area contributed by atoms with Crippen LogP contribution in [-0.2, 0) is 0 Å². The molecule has 0 aromatic carbocycles. The van der Waals surface area contributed by atoms with E-state index in [2.05, 4.69) is 37.0 Å². The zero-order valence-corrected chi connectivity index (χ0v) is 14.5.